The Bertz CT molecular complexity index is 449. The van der Waals surface area contributed by atoms with Gasteiger partial charge in [-0.05, 0) is 26.7 Å². The smallest absolute Gasteiger partial charge is 0.315 e. The van der Waals surface area contributed by atoms with Gasteiger partial charge >= 0.3 is 6.03 Å². The van der Waals surface area contributed by atoms with Crippen molar-refractivity contribution in [2.45, 2.75) is 51.6 Å². The number of aromatic nitrogens is 1. The summed E-state index contributed by atoms with van der Waals surface area (Å²) < 4.78 is 0. The fourth-order valence-corrected chi connectivity index (χ4v) is 3.46. The number of hydrogen-bond acceptors (Lipinski definition) is 4. The first-order chi connectivity index (χ1) is 9.60. The molecule has 3 atom stereocenters. The van der Waals surface area contributed by atoms with E-state index >= 15 is 0 Å². The summed E-state index contributed by atoms with van der Waals surface area (Å²) >= 11 is 1.56. The molecule has 1 saturated carbocycles. The SMILES string of the molecule is Cc1csc(C(C)NC(=O)NC2CCCCC2CO)n1. The highest BCUT2D eigenvalue weighted by atomic mass is 32.1. The molecule has 1 aliphatic rings. The van der Waals surface area contributed by atoms with Crippen LogP contribution in [0.1, 0.15) is 49.4 Å². The van der Waals surface area contributed by atoms with Gasteiger partial charge < -0.3 is 15.7 Å². The third-order valence-corrected chi connectivity index (χ3v) is 4.96. The van der Waals surface area contributed by atoms with Gasteiger partial charge in [0.15, 0.2) is 0 Å². The van der Waals surface area contributed by atoms with Crippen molar-refractivity contribution in [2.24, 2.45) is 5.92 Å². The Kier molecular flexibility index (Phi) is 5.37. The minimum Gasteiger partial charge on any atom is -0.396 e. The molecule has 1 fully saturated rings. The van der Waals surface area contributed by atoms with Crippen LogP contribution in [-0.4, -0.2) is 28.8 Å². The van der Waals surface area contributed by atoms with Gasteiger partial charge in [-0.1, -0.05) is 12.8 Å². The summed E-state index contributed by atoms with van der Waals surface area (Å²) in [5, 5.41) is 18.2. The molecule has 20 heavy (non-hydrogen) atoms. The molecular formula is C14H23N3O2S. The highest BCUT2D eigenvalue weighted by molar-refractivity contribution is 7.09. The minimum atomic E-state index is -0.171. The van der Waals surface area contributed by atoms with Gasteiger partial charge in [-0.3, -0.25) is 0 Å². The molecule has 0 saturated heterocycles. The van der Waals surface area contributed by atoms with Crippen molar-refractivity contribution in [3.8, 4) is 0 Å². The van der Waals surface area contributed by atoms with Gasteiger partial charge in [-0.25, -0.2) is 9.78 Å². The van der Waals surface area contributed by atoms with Crippen LogP contribution in [0.5, 0.6) is 0 Å². The van der Waals surface area contributed by atoms with Crippen LogP contribution >= 0.6 is 11.3 Å². The molecule has 0 spiro atoms. The molecule has 1 aromatic rings. The van der Waals surface area contributed by atoms with Gasteiger partial charge in [-0.2, -0.15) is 0 Å². The number of aliphatic hydroxyl groups excluding tert-OH is 1. The number of rotatable bonds is 4. The Morgan fingerprint density at radius 3 is 2.95 bits per heavy atom. The second-order valence-corrected chi connectivity index (χ2v) is 6.39. The maximum Gasteiger partial charge on any atom is 0.315 e. The lowest BCUT2D eigenvalue weighted by Gasteiger charge is -2.31. The normalized spacial score (nSPS) is 24.1. The zero-order valence-corrected chi connectivity index (χ0v) is 12.9. The molecule has 3 unspecified atom stereocenters. The van der Waals surface area contributed by atoms with Crippen molar-refractivity contribution >= 4 is 17.4 Å². The summed E-state index contributed by atoms with van der Waals surface area (Å²) in [7, 11) is 0. The van der Waals surface area contributed by atoms with E-state index in [0.717, 1.165) is 36.4 Å². The van der Waals surface area contributed by atoms with E-state index < -0.39 is 0 Å². The number of nitrogens with one attached hydrogen (secondary N) is 2. The lowest BCUT2D eigenvalue weighted by atomic mass is 9.85. The Hall–Kier alpha value is -1.14. The summed E-state index contributed by atoms with van der Waals surface area (Å²) in [4.78, 5) is 16.4. The van der Waals surface area contributed by atoms with Crippen LogP contribution < -0.4 is 10.6 Å². The van der Waals surface area contributed by atoms with Gasteiger partial charge in [0.05, 0.1) is 6.04 Å². The molecule has 2 amide bonds. The molecule has 3 N–H and O–H groups in total. The standard InChI is InChI=1S/C14H23N3O2S/c1-9-8-20-13(15-9)10(2)16-14(19)17-12-6-4-3-5-11(12)7-18/h8,10-12,18H,3-7H2,1-2H3,(H2,16,17,19). The molecule has 0 radical (unpaired) electrons. The highest BCUT2D eigenvalue weighted by Gasteiger charge is 2.26. The van der Waals surface area contributed by atoms with Crippen LogP contribution in [0.15, 0.2) is 5.38 Å². The van der Waals surface area contributed by atoms with Crippen LogP contribution in [0.2, 0.25) is 0 Å². The number of amides is 2. The third-order valence-electron chi connectivity index (χ3n) is 3.81. The van der Waals surface area contributed by atoms with E-state index in [-0.39, 0.29) is 30.6 Å². The van der Waals surface area contributed by atoms with E-state index in [1.165, 1.54) is 0 Å². The summed E-state index contributed by atoms with van der Waals surface area (Å²) in [5.74, 6) is 0.187. The van der Waals surface area contributed by atoms with E-state index in [2.05, 4.69) is 15.6 Å². The predicted molar refractivity (Wildman–Crippen MR) is 79.8 cm³/mol. The zero-order valence-electron chi connectivity index (χ0n) is 12.1. The lowest BCUT2D eigenvalue weighted by molar-refractivity contribution is 0.153. The van der Waals surface area contributed by atoms with Gasteiger partial charge in [-0.15, -0.1) is 11.3 Å². The Labute approximate surface area is 123 Å². The Balaban J connectivity index is 1.85. The molecule has 5 nitrogen and oxygen atoms in total. The fraction of sp³-hybridized carbons (Fsp3) is 0.714. The zero-order chi connectivity index (χ0) is 14.5. The van der Waals surface area contributed by atoms with Crippen LogP contribution in [-0.2, 0) is 0 Å². The molecule has 2 rings (SSSR count). The summed E-state index contributed by atoms with van der Waals surface area (Å²) in [5.41, 5.74) is 0.978. The number of aliphatic hydroxyl groups is 1. The average molecular weight is 297 g/mol. The molecule has 1 aromatic heterocycles. The van der Waals surface area contributed by atoms with Gasteiger partial charge in [0.2, 0.25) is 0 Å². The molecule has 0 bridgehead atoms. The summed E-state index contributed by atoms with van der Waals surface area (Å²) in [6, 6.07) is -0.181. The van der Waals surface area contributed by atoms with E-state index in [1.807, 2.05) is 19.2 Å². The van der Waals surface area contributed by atoms with E-state index in [9.17, 15) is 9.90 Å². The quantitative estimate of drug-likeness (QED) is 0.798. The maximum atomic E-state index is 12.0. The second-order valence-electron chi connectivity index (χ2n) is 5.50. The minimum absolute atomic E-state index is 0.0824. The van der Waals surface area contributed by atoms with Crippen molar-refractivity contribution in [3.63, 3.8) is 0 Å². The Morgan fingerprint density at radius 2 is 2.30 bits per heavy atom. The van der Waals surface area contributed by atoms with E-state index in [4.69, 9.17) is 0 Å². The number of thiazole rings is 1. The summed E-state index contributed by atoms with van der Waals surface area (Å²) in [6.07, 6.45) is 4.19. The monoisotopic (exact) mass is 297 g/mol. The molecule has 112 valence electrons. The molecule has 1 heterocycles. The summed E-state index contributed by atoms with van der Waals surface area (Å²) in [6.45, 7) is 4.02. The third kappa shape index (κ3) is 3.93. The number of hydrogen-bond donors (Lipinski definition) is 3. The van der Waals surface area contributed by atoms with Crippen LogP contribution in [0.4, 0.5) is 4.79 Å². The van der Waals surface area contributed by atoms with E-state index in [1.54, 1.807) is 11.3 Å². The topological polar surface area (TPSA) is 74.2 Å². The number of urea groups is 1. The first kappa shape index (κ1) is 15.3. The molecule has 0 aliphatic heterocycles. The van der Waals surface area contributed by atoms with Crippen molar-refractivity contribution < 1.29 is 9.90 Å². The molecule has 6 heteroatoms. The van der Waals surface area contributed by atoms with Crippen LogP contribution in [0, 0.1) is 12.8 Å². The van der Waals surface area contributed by atoms with Crippen molar-refractivity contribution in [2.75, 3.05) is 6.61 Å². The van der Waals surface area contributed by atoms with E-state index in [0.29, 0.717) is 0 Å². The molecular weight excluding hydrogens is 274 g/mol. The molecule has 1 aliphatic carbocycles. The average Bonchev–Trinajstić information content (AvgIpc) is 2.86. The Morgan fingerprint density at radius 1 is 1.55 bits per heavy atom. The number of aryl methyl sites for hydroxylation is 1. The number of carbonyl (C=O) groups is 1. The largest absolute Gasteiger partial charge is 0.396 e. The first-order valence-electron chi connectivity index (χ1n) is 7.20. The number of carbonyl (C=O) groups excluding carboxylic acids is 1. The van der Waals surface area contributed by atoms with Crippen molar-refractivity contribution in [1.29, 1.82) is 0 Å². The van der Waals surface area contributed by atoms with Crippen LogP contribution in [0.25, 0.3) is 0 Å². The van der Waals surface area contributed by atoms with Crippen molar-refractivity contribution in [3.05, 3.63) is 16.1 Å². The lowest BCUT2D eigenvalue weighted by Crippen LogP contribution is -2.48. The number of nitrogens with zero attached hydrogens (tertiary/aromatic N) is 1. The van der Waals surface area contributed by atoms with Gasteiger partial charge in [0, 0.05) is 29.6 Å². The van der Waals surface area contributed by atoms with Gasteiger partial charge in [0.1, 0.15) is 5.01 Å². The highest BCUT2D eigenvalue weighted by Crippen LogP contribution is 2.24. The molecule has 0 aromatic carbocycles. The van der Waals surface area contributed by atoms with Gasteiger partial charge in [0.25, 0.3) is 0 Å². The van der Waals surface area contributed by atoms with Crippen LogP contribution in [0.3, 0.4) is 0 Å². The maximum absolute atomic E-state index is 12.0. The predicted octanol–water partition coefficient (Wildman–Crippen LogP) is 2.36. The second kappa shape index (κ2) is 7.04. The van der Waals surface area contributed by atoms with Crippen molar-refractivity contribution in [1.82, 2.24) is 15.6 Å². The fourth-order valence-electron chi connectivity index (χ4n) is 2.66. The first-order valence-corrected chi connectivity index (χ1v) is 8.08.